The van der Waals surface area contributed by atoms with Gasteiger partial charge in [0.1, 0.15) is 0 Å². The fourth-order valence-electron chi connectivity index (χ4n) is 4.88. The number of likely N-dealkylation sites (tertiary alicyclic amines) is 2. The summed E-state index contributed by atoms with van der Waals surface area (Å²) < 4.78 is 4.98. The van der Waals surface area contributed by atoms with Gasteiger partial charge in [-0.05, 0) is 44.7 Å². The molecule has 6 nitrogen and oxygen atoms in total. The molecule has 0 aromatic heterocycles. The lowest BCUT2D eigenvalue weighted by atomic mass is 9.71. The second-order valence-corrected chi connectivity index (χ2v) is 8.45. The smallest absolute Gasteiger partial charge is 0.311 e. The quantitative estimate of drug-likeness (QED) is 0.577. The van der Waals surface area contributed by atoms with E-state index in [-0.39, 0.29) is 23.7 Å². The summed E-state index contributed by atoms with van der Waals surface area (Å²) in [6, 6.07) is 9.80. The number of rotatable bonds is 4. The van der Waals surface area contributed by atoms with Crippen LogP contribution in [0, 0.1) is 5.92 Å². The van der Waals surface area contributed by atoms with Crippen molar-refractivity contribution < 1.29 is 19.1 Å². The Balaban J connectivity index is 1.94. The van der Waals surface area contributed by atoms with Crippen LogP contribution in [0.15, 0.2) is 43.0 Å². The Labute approximate surface area is 172 Å². The van der Waals surface area contributed by atoms with Crippen LogP contribution in [0.4, 0.5) is 0 Å². The number of hydrogen-bond acceptors (Lipinski definition) is 4. The molecule has 1 aromatic carbocycles. The summed E-state index contributed by atoms with van der Waals surface area (Å²) in [7, 11) is 1.39. The molecule has 29 heavy (non-hydrogen) atoms. The SMILES string of the molecule is C=CC(=O)N1CCC(C(=O)N2CCC(C(=O)OC)C2(C)C)(c2ccccc2)CC1. The van der Waals surface area contributed by atoms with Gasteiger partial charge in [-0.3, -0.25) is 14.4 Å². The molecule has 3 rings (SSSR count). The second kappa shape index (κ2) is 8.01. The summed E-state index contributed by atoms with van der Waals surface area (Å²) in [5.41, 5.74) is -0.366. The normalized spacial score (nSPS) is 22.8. The van der Waals surface area contributed by atoms with Crippen molar-refractivity contribution in [3.8, 4) is 0 Å². The van der Waals surface area contributed by atoms with Gasteiger partial charge in [0.25, 0.3) is 0 Å². The number of carbonyl (C=O) groups is 3. The fourth-order valence-corrected chi connectivity index (χ4v) is 4.88. The molecule has 0 spiro atoms. The summed E-state index contributed by atoms with van der Waals surface area (Å²) in [6.45, 7) is 8.97. The van der Waals surface area contributed by atoms with E-state index in [1.807, 2.05) is 49.1 Å². The molecule has 6 heteroatoms. The monoisotopic (exact) mass is 398 g/mol. The van der Waals surface area contributed by atoms with Crippen LogP contribution in [0.1, 0.15) is 38.7 Å². The maximum atomic E-state index is 14.0. The van der Waals surface area contributed by atoms with Gasteiger partial charge >= 0.3 is 5.97 Å². The molecule has 2 aliphatic rings. The van der Waals surface area contributed by atoms with Crippen LogP contribution in [-0.2, 0) is 24.5 Å². The first kappa shape index (κ1) is 21.1. The second-order valence-electron chi connectivity index (χ2n) is 8.45. The van der Waals surface area contributed by atoms with Gasteiger partial charge in [0.05, 0.1) is 24.0 Å². The first-order valence-electron chi connectivity index (χ1n) is 10.1. The average Bonchev–Trinajstić information content (AvgIpc) is 3.07. The Bertz CT molecular complexity index is 794. The van der Waals surface area contributed by atoms with Gasteiger partial charge in [-0.1, -0.05) is 36.9 Å². The summed E-state index contributed by atoms with van der Waals surface area (Å²) in [6.07, 6.45) is 3.01. The minimum absolute atomic E-state index is 0.0332. The number of methoxy groups -OCH3 is 1. The molecule has 2 aliphatic heterocycles. The zero-order valence-corrected chi connectivity index (χ0v) is 17.5. The van der Waals surface area contributed by atoms with E-state index in [0.29, 0.717) is 38.9 Å². The van der Waals surface area contributed by atoms with Crippen molar-refractivity contribution in [3.05, 3.63) is 48.6 Å². The van der Waals surface area contributed by atoms with E-state index in [9.17, 15) is 14.4 Å². The van der Waals surface area contributed by atoms with Crippen molar-refractivity contribution in [2.45, 2.75) is 44.1 Å². The number of carbonyl (C=O) groups excluding carboxylic acids is 3. The number of amides is 2. The zero-order valence-electron chi connectivity index (χ0n) is 17.5. The van der Waals surface area contributed by atoms with E-state index >= 15 is 0 Å². The van der Waals surface area contributed by atoms with Gasteiger partial charge in [0.15, 0.2) is 0 Å². The molecule has 2 saturated heterocycles. The molecular formula is C23H30N2O4. The summed E-state index contributed by atoms with van der Waals surface area (Å²) in [5.74, 6) is -0.686. The minimum atomic E-state index is -0.707. The maximum absolute atomic E-state index is 14.0. The Morgan fingerprint density at radius 3 is 2.28 bits per heavy atom. The lowest BCUT2D eigenvalue weighted by molar-refractivity contribution is -0.152. The van der Waals surface area contributed by atoms with E-state index in [1.54, 1.807) is 4.90 Å². The first-order chi connectivity index (χ1) is 13.8. The van der Waals surface area contributed by atoms with Crippen LogP contribution in [-0.4, -0.2) is 59.9 Å². The van der Waals surface area contributed by atoms with Crippen molar-refractivity contribution in [3.63, 3.8) is 0 Å². The fraction of sp³-hybridized carbons (Fsp3) is 0.522. The molecule has 1 atom stereocenters. The molecule has 156 valence electrons. The van der Waals surface area contributed by atoms with E-state index < -0.39 is 11.0 Å². The van der Waals surface area contributed by atoms with E-state index in [2.05, 4.69) is 6.58 Å². The molecule has 2 amide bonds. The lowest BCUT2D eigenvalue weighted by Gasteiger charge is -2.46. The van der Waals surface area contributed by atoms with Crippen molar-refractivity contribution in [2.24, 2.45) is 5.92 Å². The van der Waals surface area contributed by atoms with E-state index in [0.717, 1.165) is 5.56 Å². The molecule has 0 aliphatic carbocycles. The van der Waals surface area contributed by atoms with Crippen LogP contribution < -0.4 is 0 Å². The number of nitrogens with zero attached hydrogens (tertiary/aromatic N) is 2. The van der Waals surface area contributed by atoms with Crippen LogP contribution in [0.5, 0.6) is 0 Å². The highest BCUT2D eigenvalue weighted by Gasteiger charge is 2.54. The van der Waals surface area contributed by atoms with Gasteiger partial charge in [-0.2, -0.15) is 0 Å². The van der Waals surface area contributed by atoms with Crippen LogP contribution in [0.2, 0.25) is 0 Å². The molecule has 1 unspecified atom stereocenters. The lowest BCUT2D eigenvalue weighted by Crippen LogP contribution is -2.58. The zero-order chi connectivity index (χ0) is 21.2. The predicted molar refractivity (Wildman–Crippen MR) is 110 cm³/mol. The van der Waals surface area contributed by atoms with Crippen LogP contribution in [0.3, 0.4) is 0 Å². The van der Waals surface area contributed by atoms with E-state index in [1.165, 1.54) is 13.2 Å². The third-order valence-electron chi connectivity index (χ3n) is 6.76. The minimum Gasteiger partial charge on any atom is -0.469 e. The average molecular weight is 399 g/mol. The predicted octanol–water partition coefficient (Wildman–Crippen LogP) is 2.53. The molecule has 2 heterocycles. The van der Waals surface area contributed by atoms with Crippen molar-refractivity contribution in [1.82, 2.24) is 9.80 Å². The Hall–Kier alpha value is -2.63. The number of esters is 1. The largest absolute Gasteiger partial charge is 0.469 e. The first-order valence-corrected chi connectivity index (χ1v) is 10.1. The number of ether oxygens (including phenoxy) is 1. The Morgan fingerprint density at radius 2 is 1.72 bits per heavy atom. The Morgan fingerprint density at radius 1 is 1.10 bits per heavy atom. The number of piperidine rings is 1. The summed E-state index contributed by atoms with van der Waals surface area (Å²) >= 11 is 0. The maximum Gasteiger partial charge on any atom is 0.311 e. The standard InChI is InChI=1S/C23H30N2O4/c1-5-19(26)24-15-12-23(13-16-24,17-9-7-6-8-10-17)21(28)25-14-11-18(20(27)29-4)22(25,2)3/h5-10,18H,1,11-16H2,2-4H3. The topological polar surface area (TPSA) is 66.9 Å². The van der Waals surface area contributed by atoms with Crippen LogP contribution >= 0.6 is 0 Å². The van der Waals surface area contributed by atoms with Gasteiger partial charge < -0.3 is 14.5 Å². The highest BCUT2D eigenvalue weighted by atomic mass is 16.5. The third-order valence-corrected chi connectivity index (χ3v) is 6.76. The molecular weight excluding hydrogens is 368 g/mol. The van der Waals surface area contributed by atoms with Crippen molar-refractivity contribution in [2.75, 3.05) is 26.7 Å². The van der Waals surface area contributed by atoms with Gasteiger partial charge in [-0.15, -0.1) is 0 Å². The van der Waals surface area contributed by atoms with Gasteiger partial charge in [0.2, 0.25) is 11.8 Å². The molecule has 2 fully saturated rings. The number of benzene rings is 1. The van der Waals surface area contributed by atoms with Crippen LogP contribution in [0.25, 0.3) is 0 Å². The van der Waals surface area contributed by atoms with Gasteiger partial charge in [0, 0.05) is 19.6 Å². The highest BCUT2D eigenvalue weighted by molar-refractivity contribution is 5.91. The third kappa shape index (κ3) is 3.56. The van der Waals surface area contributed by atoms with Gasteiger partial charge in [-0.25, -0.2) is 0 Å². The molecule has 0 N–H and O–H groups in total. The molecule has 1 aromatic rings. The summed E-state index contributed by atoms with van der Waals surface area (Å²) in [4.78, 5) is 41.9. The number of hydrogen-bond donors (Lipinski definition) is 0. The Kier molecular flexibility index (Phi) is 5.82. The summed E-state index contributed by atoms with van der Waals surface area (Å²) in [5, 5.41) is 0. The molecule has 0 bridgehead atoms. The molecule has 0 radical (unpaired) electrons. The van der Waals surface area contributed by atoms with Crippen molar-refractivity contribution in [1.29, 1.82) is 0 Å². The van der Waals surface area contributed by atoms with E-state index in [4.69, 9.17) is 4.74 Å². The van der Waals surface area contributed by atoms with Crippen molar-refractivity contribution >= 4 is 17.8 Å². The molecule has 0 saturated carbocycles. The highest BCUT2D eigenvalue weighted by Crippen LogP contribution is 2.43.